The predicted octanol–water partition coefficient (Wildman–Crippen LogP) is 3.48. The third-order valence-corrected chi connectivity index (χ3v) is 7.52. The van der Waals surface area contributed by atoms with Crippen molar-refractivity contribution in [2.75, 3.05) is 12.4 Å². The Morgan fingerprint density at radius 1 is 1.07 bits per heavy atom. The summed E-state index contributed by atoms with van der Waals surface area (Å²) >= 11 is 0. The lowest BCUT2D eigenvalue weighted by molar-refractivity contribution is -0.117. The standard InChI is InChI=1S/C31H29FN10O2/c1-18-16-41(26-9-8-23(32)12-25(18)26)24-10-20(13-34-14-24)17-42-27(15-35-28(31(42)44)36-30(43)19(2)33-3)21-6-5-7-22(11-21)29-37-38-39-40(29)4/h5-16,19,33H,17H2,1-4H3,(H,35,36,43). The molecule has 2 aromatic carbocycles. The summed E-state index contributed by atoms with van der Waals surface area (Å²) in [5.41, 5.74) is 4.74. The van der Waals surface area contributed by atoms with Crippen LogP contribution in [0.15, 0.2) is 78.1 Å². The predicted molar refractivity (Wildman–Crippen MR) is 164 cm³/mol. The van der Waals surface area contributed by atoms with Crippen LogP contribution in [0.4, 0.5) is 10.2 Å². The number of benzene rings is 2. The first kappa shape index (κ1) is 28.6. The van der Waals surface area contributed by atoms with Gasteiger partial charge in [-0.15, -0.1) is 5.10 Å². The smallest absolute Gasteiger partial charge is 0.294 e. The summed E-state index contributed by atoms with van der Waals surface area (Å²) in [6.07, 6.45) is 6.88. The second-order valence-electron chi connectivity index (χ2n) is 10.5. The van der Waals surface area contributed by atoms with E-state index in [0.717, 1.165) is 33.3 Å². The van der Waals surface area contributed by atoms with Crippen molar-refractivity contribution < 1.29 is 9.18 Å². The molecule has 1 atom stereocenters. The molecule has 6 aromatic rings. The number of nitrogens with zero attached hydrogens (tertiary/aromatic N) is 8. The molecule has 0 radical (unpaired) electrons. The van der Waals surface area contributed by atoms with E-state index in [4.69, 9.17) is 0 Å². The zero-order valence-corrected chi connectivity index (χ0v) is 24.5. The lowest BCUT2D eigenvalue weighted by atomic mass is 10.1. The van der Waals surface area contributed by atoms with E-state index in [2.05, 4.69) is 36.1 Å². The maximum Gasteiger partial charge on any atom is 0.294 e. The summed E-state index contributed by atoms with van der Waals surface area (Å²) in [6.45, 7) is 3.74. The number of carbonyl (C=O) groups excluding carboxylic acids is 1. The molecule has 2 N–H and O–H groups in total. The largest absolute Gasteiger partial charge is 0.315 e. The van der Waals surface area contributed by atoms with Gasteiger partial charge in [-0.25, -0.2) is 14.1 Å². The van der Waals surface area contributed by atoms with Crippen molar-refractivity contribution in [3.05, 3.63) is 101 Å². The van der Waals surface area contributed by atoms with E-state index < -0.39 is 11.6 Å². The Labute approximate surface area is 251 Å². The van der Waals surface area contributed by atoms with Gasteiger partial charge < -0.3 is 15.2 Å². The molecule has 44 heavy (non-hydrogen) atoms. The molecule has 1 amide bonds. The first-order valence-electron chi connectivity index (χ1n) is 13.9. The molecule has 4 aromatic heterocycles. The zero-order valence-electron chi connectivity index (χ0n) is 24.5. The van der Waals surface area contributed by atoms with Gasteiger partial charge in [-0.3, -0.25) is 19.1 Å². The second-order valence-corrected chi connectivity index (χ2v) is 10.5. The monoisotopic (exact) mass is 592 g/mol. The highest BCUT2D eigenvalue weighted by Gasteiger charge is 2.19. The molecule has 12 nitrogen and oxygen atoms in total. The van der Waals surface area contributed by atoms with Crippen molar-refractivity contribution in [2.45, 2.75) is 26.4 Å². The Morgan fingerprint density at radius 2 is 1.89 bits per heavy atom. The average molecular weight is 593 g/mol. The number of likely N-dealkylation sites (N-methyl/N-ethyl adjacent to an activating group) is 1. The number of pyridine rings is 1. The van der Waals surface area contributed by atoms with Crippen LogP contribution in [0.3, 0.4) is 0 Å². The van der Waals surface area contributed by atoms with Crippen LogP contribution in [0.1, 0.15) is 18.1 Å². The highest BCUT2D eigenvalue weighted by molar-refractivity contribution is 5.93. The van der Waals surface area contributed by atoms with Gasteiger partial charge in [0, 0.05) is 36.0 Å². The average Bonchev–Trinajstić information content (AvgIpc) is 3.61. The molecule has 0 aliphatic rings. The van der Waals surface area contributed by atoms with Crippen molar-refractivity contribution in [3.8, 4) is 28.3 Å². The molecule has 6 rings (SSSR count). The summed E-state index contributed by atoms with van der Waals surface area (Å²) in [6, 6.07) is 13.5. The number of aryl methyl sites for hydroxylation is 2. The fourth-order valence-electron chi connectivity index (χ4n) is 5.06. The van der Waals surface area contributed by atoms with E-state index in [9.17, 15) is 14.0 Å². The molecule has 0 bridgehead atoms. The van der Waals surface area contributed by atoms with Gasteiger partial charge in [-0.05, 0) is 72.8 Å². The van der Waals surface area contributed by atoms with Crippen LogP contribution in [0.25, 0.3) is 39.2 Å². The van der Waals surface area contributed by atoms with Crippen molar-refractivity contribution in [1.82, 2.24) is 44.6 Å². The van der Waals surface area contributed by atoms with E-state index in [1.165, 1.54) is 12.1 Å². The molecule has 0 aliphatic carbocycles. The van der Waals surface area contributed by atoms with Crippen molar-refractivity contribution in [2.24, 2.45) is 7.05 Å². The number of aromatic nitrogens is 8. The summed E-state index contributed by atoms with van der Waals surface area (Å²) in [4.78, 5) is 35.4. The van der Waals surface area contributed by atoms with E-state index in [1.54, 1.807) is 54.9 Å². The molecule has 0 fully saturated rings. The SMILES string of the molecule is CNC(C)C(=O)Nc1ncc(-c2cccc(-c3nnnn3C)c2)n(Cc2cncc(-n3cc(C)c4cc(F)ccc43)c2)c1=O. The minimum absolute atomic E-state index is 0.0901. The van der Waals surface area contributed by atoms with Crippen LogP contribution < -0.4 is 16.2 Å². The number of hydrogen-bond acceptors (Lipinski definition) is 8. The van der Waals surface area contributed by atoms with Crippen molar-refractivity contribution >= 4 is 22.6 Å². The maximum atomic E-state index is 14.0. The van der Waals surface area contributed by atoms with E-state index in [-0.39, 0.29) is 24.1 Å². The number of carbonyl (C=O) groups is 1. The van der Waals surface area contributed by atoms with Gasteiger partial charge >= 0.3 is 0 Å². The minimum Gasteiger partial charge on any atom is -0.315 e. The first-order chi connectivity index (χ1) is 21.2. The minimum atomic E-state index is -0.532. The quantitative estimate of drug-likeness (QED) is 0.274. The molecule has 4 heterocycles. The fraction of sp³-hybridized carbons (Fsp3) is 0.194. The Balaban J connectivity index is 1.45. The van der Waals surface area contributed by atoms with Gasteiger partial charge in [-0.1, -0.05) is 18.2 Å². The van der Waals surface area contributed by atoms with Crippen molar-refractivity contribution in [1.29, 1.82) is 0 Å². The number of amides is 1. The van der Waals surface area contributed by atoms with E-state index in [1.807, 2.05) is 48.0 Å². The van der Waals surface area contributed by atoms with Crippen LogP contribution in [0, 0.1) is 12.7 Å². The third-order valence-electron chi connectivity index (χ3n) is 7.52. The molecule has 0 aliphatic heterocycles. The molecule has 1 unspecified atom stereocenters. The van der Waals surface area contributed by atoms with Crippen molar-refractivity contribution in [3.63, 3.8) is 0 Å². The normalized spacial score (nSPS) is 12.0. The lowest BCUT2D eigenvalue weighted by Gasteiger charge is -2.17. The van der Waals surface area contributed by atoms with Gasteiger partial charge in [0.25, 0.3) is 5.56 Å². The molecule has 13 heteroatoms. The highest BCUT2D eigenvalue weighted by atomic mass is 19.1. The summed E-state index contributed by atoms with van der Waals surface area (Å²) in [5, 5.41) is 18.1. The second kappa shape index (κ2) is 11.6. The number of tetrazole rings is 1. The van der Waals surface area contributed by atoms with E-state index in [0.29, 0.717) is 17.1 Å². The summed E-state index contributed by atoms with van der Waals surface area (Å²) in [7, 11) is 3.40. The molecule has 222 valence electrons. The van der Waals surface area contributed by atoms with Gasteiger partial charge in [0.15, 0.2) is 11.6 Å². The number of nitrogens with one attached hydrogen (secondary N) is 2. The van der Waals surface area contributed by atoms with Crippen LogP contribution >= 0.6 is 0 Å². The number of anilines is 1. The molecular weight excluding hydrogens is 563 g/mol. The zero-order chi connectivity index (χ0) is 31.0. The molecule has 0 spiro atoms. The molecule has 0 saturated heterocycles. The Hall–Kier alpha value is -5.56. The number of halogens is 1. The maximum absolute atomic E-state index is 14.0. The Bertz CT molecular complexity index is 2080. The number of fused-ring (bicyclic) bond motifs is 1. The summed E-state index contributed by atoms with van der Waals surface area (Å²) < 4.78 is 19.0. The number of rotatable bonds is 8. The van der Waals surface area contributed by atoms with Gasteiger partial charge in [0.1, 0.15) is 5.82 Å². The number of hydrogen-bond donors (Lipinski definition) is 2. The van der Waals surface area contributed by atoms with Gasteiger partial charge in [0.2, 0.25) is 5.91 Å². The van der Waals surface area contributed by atoms with E-state index >= 15 is 0 Å². The molecule has 0 saturated carbocycles. The third kappa shape index (κ3) is 5.36. The first-order valence-corrected chi connectivity index (χ1v) is 13.9. The Kier molecular flexibility index (Phi) is 7.53. The van der Waals surface area contributed by atoms with Gasteiger partial charge in [-0.2, -0.15) is 0 Å². The lowest BCUT2D eigenvalue weighted by Crippen LogP contribution is -2.38. The highest BCUT2D eigenvalue weighted by Crippen LogP contribution is 2.27. The van der Waals surface area contributed by atoms with Crippen LogP contribution in [-0.2, 0) is 18.4 Å². The van der Waals surface area contributed by atoms with Gasteiger partial charge in [0.05, 0.1) is 41.9 Å². The van der Waals surface area contributed by atoms with Crippen LogP contribution in [0.2, 0.25) is 0 Å². The topological polar surface area (TPSA) is 137 Å². The summed E-state index contributed by atoms with van der Waals surface area (Å²) in [5.74, 6) is -0.221. The fourth-order valence-corrected chi connectivity index (χ4v) is 5.06. The van der Waals surface area contributed by atoms with Crippen LogP contribution in [-0.4, -0.2) is 58.3 Å². The van der Waals surface area contributed by atoms with Crippen LogP contribution in [0.5, 0.6) is 0 Å². The Morgan fingerprint density at radius 3 is 2.66 bits per heavy atom. The molecular formula is C31H29FN10O2.